The number of ether oxygens (including phenoxy) is 2. The molecule has 2 amide bonds. The fourth-order valence-corrected chi connectivity index (χ4v) is 3.72. The largest absolute Gasteiger partial charge is 0.494 e. The summed E-state index contributed by atoms with van der Waals surface area (Å²) >= 11 is 0. The van der Waals surface area contributed by atoms with Crippen molar-refractivity contribution in [3.8, 4) is 17.2 Å². The lowest BCUT2D eigenvalue weighted by Gasteiger charge is -2.24. The molecule has 0 aromatic heterocycles. The van der Waals surface area contributed by atoms with E-state index in [4.69, 9.17) is 9.47 Å². The zero-order chi connectivity index (χ0) is 22.3. The van der Waals surface area contributed by atoms with Gasteiger partial charge in [0, 0.05) is 18.0 Å². The number of anilines is 2. The van der Waals surface area contributed by atoms with Gasteiger partial charge in [0.05, 0.1) is 12.3 Å². The lowest BCUT2D eigenvalue weighted by Crippen LogP contribution is -2.30. The molecule has 0 fully saturated rings. The van der Waals surface area contributed by atoms with Gasteiger partial charge in [-0.2, -0.15) is 0 Å². The van der Waals surface area contributed by atoms with Crippen molar-refractivity contribution in [1.82, 2.24) is 0 Å². The summed E-state index contributed by atoms with van der Waals surface area (Å²) in [6.45, 7) is 2.53. The van der Waals surface area contributed by atoms with Crippen molar-refractivity contribution in [3.05, 3.63) is 78.4 Å². The summed E-state index contributed by atoms with van der Waals surface area (Å²) in [5, 5.41) is 5.85. The van der Waals surface area contributed by atoms with Gasteiger partial charge in [-0.3, -0.25) is 9.59 Å². The molecule has 6 nitrogen and oxygen atoms in total. The van der Waals surface area contributed by atoms with E-state index in [1.165, 1.54) is 0 Å². The molecular formula is C26H26N2O4. The van der Waals surface area contributed by atoms with Crippen LogP contribution < -0.4 is 20.1 Å². The molecule has 4 rings (SSSR count). The average molecular weight is 431 g/mol. The van der Waals surface area contributed by atoms with E-state index in [1.54, 1.807) is 12.1 Å². The van der Waals surface area contributed by atoms with Crippen molar-refractivity contribution in [2.75, 3.05) is 17.2 Å². The van der Waals surface area contributed by atoms with Crippen LogP contribution in [0.2, 0.25) is 0 Å². The van der Waals surface area contributed by atoms with Crippen molar-refractivity contribution < 1.29 is 19.1 Å². The third kappa shape index (κ3) is 5.27. The van der Waals surface area contributed by atoms with Gasteiger partial charge in [0.25, 0.3) is 0 Å². The highest BCUT2D eigenvalue weighted by Crippen LogP contribution is 2.31. The number of para-hydroxylation sites is 3. The predicted molar refractivity (Wildman–Crippen MR) is 124 cm³/mol. The maximum absolute atomic E-state index is 12.6. The Bertz CT molecular complexity index is 1090. The molecule has 1 unspecified atom stereocenters. The van der Waals surface area contributed by atoms with Gasteiger partial charge in [0.1, 0.15) is 11.5 Å². The maximum Gasteiger partial charge on any atom is 0.227 e. The van der Waals surface area contributed by atoms with E-state index in [-0.39, 0.29) is 24.2 Å². The Morgan fingerprint density at radius 1 is 1.00 bits per heavy atom. The maximum atomic E-state index is 12.6. The number of carbonyl (C=O) groups is 2. The number of hydrogen-bond donors (Lipinski definition) is 2. The molecular weight excluding hydrogens is 404 g/mol. The smallest absolute Gasteiger partial charge is 0.227 e. The van der Waals surface area contributed by atoms with Crippen molar-refractivity contribution in [2.45, 2.75) is 26.2 Å². The zero-order valence-corrected chi connectivity index (χ0v) is 18.0. The first kappa shape index (κ1) is 21.4. The molecule has 1 aliphatic rings. The highest BCUT2D eigenvalue weighted by Gasteiger charge is 2.26. The molecule has 0 saturated carbocycles. The van der Waals surface area contributed by atoms with Gasteiger partial charge < -0.3 is 20.1 Å². The van der Waals surface area contributed by atoms with Gasteiger partial charge in [-0.05, 0) is 67.8 Å². The van der Waals surface area contributed by atoms with E-state index < -0.39 is 0 Å². The first-order chi connectivity index (χ1) is 15.6. The summed E-state index contributed by atoms with van der Waals surface area (Å²) in [5.74, 6) is 1.57. The fraction of sp³-hybridized carbons (Fsp3) is 0.231. The Morgan fingerprint density at radius 3 is 2.53 bits per heavy atom. The van der Waals surface area contributed by atoms with E-state index in [0.717, 1.165) is 17.0 Å². The highest BCUT2D eigenvalue weighted by molar-refractivity contribution is 5.97. The van der Waals surface area contributed by atoms with Crippen LogP contribution in [0.5, 0.6) is 17.2 Å². The van der Waals surface area contributed by atoms with Crippen LogP contribution in [0.4, 0.5) is 11.4 Å². The molecule has 0 aliphatic carbocycles. The average Bonchev–Trinajstić information content (AvgIpc) is 2.80. The third-order valence-electron chi connectivity index (χ3n) is 5.36. The first-order valence-corrected chi connectivity index (χ1v) is 10.8. The summed E-state index contributed by atoms with van der Waals surface area (Å²) in [4.78, 5) is 25.0. The molecule has 1 heterocycles. The molecule has 1 atom stereocenters. The van der Waals surface area contributed by atoms with Crippen molar-refractivity contribution in [3.63, 3.8) is 0 Å². The number of benzene rings is 3. The second kappa shape index (κ2) is 10.0. The lowest BCUT2D eigenvalue weighted by molar-refractivity contribution is -0.121. The van der Waals surface area contributed by atoms with Crippen molar-refractivity contribution in [1.29, 1.82) is 0 Å². The molecule has 32 heavy (non-hydrogen) atoms. The van der Waals surface area contributed by atoms with Crippen LogP contribution in [0.25, 0.3) is 0 Å². The number of fused-ring (bicyclic) bond motifs is 1. The van der Waals surface area contributed by atoms with E-state index >= 15 is 0 Å². The van der Waals surface area contributed by atoms with Gasteiger partial charge in [-0.1, -0.05) is 30.3 Å². The molecule has 2 N–H and O–H groups in total. The summed E-state index contributed by atoms with van der Waals surface area (Å²) in [6, 6.07) is 22.4. The minimum absolute atomic E-state index is 0.0317. The van der Waals surface area contributed by atoms with Crippen LogP contribution in [0.15, 0.2) is 72.8 Å². The molecule has 0 saturated heterocycles. The van der Waals surface area contributed by atoms with Crippen molar-refractivity contribution >= 4 is 23.2 Å². The minimum atomic E-state index is -0.217. The molecule has 3 aromatic rings. The topological polar surface area (TPSA) is 76.7 Å². The first-order valence-electron chi connectivity index (χ1n) is 10.8. The number of hydrogen-bond acceptors (Lipinski definition) is 4. The molecule has 1 aliphatic heterocycles. The van der Waals surface area contributed by atoms with Gasteiger partial charge in [-0.25, -0.2) is 0 Å². The Labute approximate surface area is 187 Å². The zero-order valence-electron chi connectivity index (χ0n) is 18.0. The summed E-state index contributed by atoms with van der Waals surface area (Å²) in [7, 11) is 0. The van der Waals surface area contributed by atoms with Crippen LogP contribution in [-0.4, -0.2) is 18.4 Å². The molecule has 0 spiro atoms. The Hall–Kier alpha value is -3.80. The third-order valence-corrected chi connectivity index (χ3v) is 5.36. The molecule has 0 bridgehead atoms. The number of amides is 2. The monoisotopic (exact) mass is 430 g/mol. The summed E-state index contributed by atoms with van der Waals surface area (Å²) in [6.07, 6.45) is 1.37. The highest BCUT2D eigenvalue weighted by atomic mass is 16.5. The quantitative estimate of drug-likeness (QED) is 0.501. The van der Waals surface area contributed by atoms with Crippen LogP contribution in [-0.2, 0) is 16.0 Å². The van der Waals surface area contributed by atoms with Gasteiger partial charge in [-0.15, -0.1) is 0 Å². The SMILES string of the molecule is CCOc1ccc(Oc2ccccc2NC(=O)CCC2Cc3ccccc3NC2=O)cc1. The van der Waals surface area contributed by atoms with E-state index in [1.807, 2.05) is 67.6 Å². The Kier molecular flexibility index (Phi) is 6.70. The molecule has 6 heteroatoms. The van der Waals surface area contributed by atoms with Crippen LogP contribution in [0, 0.1) is 5.92 Å². The van der Waals surface area contributed by atoms with E-state index in [9.17, 15) is 9.59 Å². The Balaban J connectivity index is 1.35. The normalized spacial score (nSPS) is 14.8. The lowest BCUT2D eigenvalue weighted by atomic mass is 9.89. The van der Waals surface area contributed by atoms with Gasteiger partial charge in [0.2, 0.25) is 11.8 Å². The standard InChI is InChI=1S/C26H26N2O4/c1-2-31-20-12-14-21(15-13-20)32-24-10-6-5-9-23(24)27-25(29)16-11-19-17-18-7-3-4-8-22(18)28-26(19)30/h3-10,12-15,19H,2,11,16-17H2,1H3,(H,27,29)(H,28,30). The summed E-state index contributed by atoms with van der Waals surface area (Å²) < 4.78 is 11.4. The summed E-state index contributed by atoms with van der Waals surface area (Å²) in [5.41, 5.74) is 2.55. The predicted octanol–water partition coefficient (Wildman–Crippen LogP) is 5.41. The minimum Gasteiger partial charge on any atom is -0.494 e. The number of nitrogens with one attached hydrogen (secondary N) is 2. The number of rotatable bonds is 8. The number of carbonyl (C=O) groups excluding carboxylic acids is 2. The van der Waals surface area contributed by atoms with Crippen LogP contribution in [0.3, 0.4) is 0 Å². The second-order valence-corrected chi connectivity index (χ2v) is 7.64. The van der Waals surface area contributed by atoms with Crippen LogP contribution in [0.1, 0.15) is 25.3 Å². The molecule has 164 valence electrons. The van der Waals surface area contributed by atoms with Gasteiger partial charge in [0.15, 0.2) is 5.75 Å². The molecule has 3 aromatic carbocycles. The van der Waals surface area contributed by atoms with Crippen LogP contribution >= 0.6 is 0 Å². The van der Waals surface area contributed by atoms with Gasteiger partial charge >= 0.3 is 0 Å². The molecule has 0 radical (unpaired) electrons. The van der Waals surface area contributed by atoms with Crippen molar-refractivity contribution in [2.24, 2.45) is 5.92 Å². The fourth-order valence-electron chi connectivity index (χ4n) is 3.72. The Morgan fingerprint density at radius 2 is 1.72 bits per heavy atom. The second-order valence-electron chi connectivity index (χ2n) is 7.64. The van der Waals surface area contributed by atoms with E-state index in [0.29, 0.717) is 36.6 Å². The van der Waals surface area contributed by atoms with E-state index in [2.05, 4.69) is 10.6 Å².